The molecule has 0 aromatic carbocycles. The van der Waals surface area contributed by atoms with E-state index >= 15 is 0 Å². The number of fused-ring (bicyclic) bond motifs is 2. The first-order valence-electron chi connectivity index (χ1n) is 9.29. The average molecular weight is 335 g/mol. The van der Waals surface area contributed by atoms with Crippen molar-refractivity contribution in [2.24, 2.45) is 23.2 Å². The maximum absolute atomic E-state index is 12.0. The minimum atomic E-state index is -0.310. The molecule has 136 valence electrons. The molecule has 0 aromatic rings. The highest BCUT2D eigenvalue weighted by Gasteiger charge is 2.53. The molecule has 1 amide bonds. The van der Waals surface area contributed by atoms with E-state index in [2.05, 4.69) is 51.2 Å². The molecule has 0 spiro atoms. The lowest BCUT2D eigenvalue weighted by Gasteiger charge is -2.54. The van der Waals surface area contributed by atoms with E-state index < -0.39 is 0 Å². The quantitative estimate of drug-likeness (QED) is 0.581. The number of allylic oxidation sites excluding steroid dienone is 2. The molecule has 5 atom stereocenters. The zero-order valence-electron chi connectivity index (χ0n) is 15.8. The molecular formula is C20H33NO3. The second-order valence-corrected chi connectivity index (χ2v) is 7.40. The zero-order chi connectivity index (χ0) is 17.7. The normalized spacial score (nSPS) is 35.6. The molecule has 2 aliphatic rings. The highest BCUT2D eigenvalue weighted by Crippen LogP contribution is 2.52. The Kier molecular flexibility index (Phi) is 6.50. The Morgan fingerprint density at radius 3 is 2.92 bits per heavy atom. The average Bonchev–Trinajstić information content (AvgIpc) is 2.53. The van der Waals surface area contributed by atoms with Crippen LogP contribution >= 0.6 is 0 Å². The topological polar surface area (TPSA) is 47.6 Å². The summed E-state index contributed by atoms with van der Waals surface area (Å²) in [5.41, 5.74) is 1.26. The lowest BCUT2D eigenvalue weighted by molar-refractivity contribution is -0.149. The molecule has 1 aliphatic heterocycles. The van der Waals surface area contributed by atoms with Crippen molar-refractivity contribution < 1.29 is 14.3 Å². The standard InChI is InChI=1S/C20H33NO3/c1-6-8-10-21-19(22)24-13-20-12-23-17(9-7-2)18(16(20)5)14(3)11-15(20)4/h7,9,11,15-18H,6,8,10,12-13H2,1-5H3,(H,21,22)/b9-7+/t15-,16+,17+,18-,20+/m0/s1. The van der Waals surface area contributed by atoms with Crippen LogP contribution in [0.3, 0.4) is 0 Å². The summed E-state index contributed by atoms with van der Waals surface area (Å²) >= 11 is 0. The number of unbranched alkanes of at least 4 members (excludes halogenated alkanes) is 1. The molecule has 24 heavy (non-hydrogen) atoms. The Hall–Kier alpha value is -1.29. The van der Waals surface area contributed by atoms with Gasteiger partial charge in [-0.2, -0.15) is 0 Å². The van der Waals surface area contributed by atoms with E-state index in [4.69, 9.17) is 9.47 Å². The highest BCUT2D eigenvalue weighted by atomic mass is 16.6. The minimum absolute atomic E-state index is 0.125. The Morgan fingerprint density at radius 2 is 2.25 bits per heavy atom. The molecular weight excluding hydrogens is 302 g/mol. The number of hydrogen-bond acceptors (Lipinski definition) is 3. The molecule has 0 unspecified atom stereocenters. The molecule has 4 heteroatoms. The Bertz CT molecular complexity index is 499. The van der Waals surface area contributed by atoms with Crippen molar-refractivity contribution in [2.45, 2.75) is 53.6 Å². The van der Waals surface area contributed by atoms with Gasteiger partial charge in [-0.05, 0) is 32.1 Å². The van der Waals surface area contributed by atoms with Crippen molar-refractivity contribution in [3.8, 4) is 0 Å². The number of amides is 1. The summed E-state index contributed by atoms with van der Waals surface area (Å²) in [4.78, 5) is 12.0. The zero-order valence-corrected chi connectivity index (χ0v) is 15.8. The Labute approximate surface area is 146 Å². The fraction of sp³-hybridized carbons (Fsp3) is 0.750. The first kappa shape index (κ1) is 19.0. The third-order valence-electron chi connectivity index (χ3n) is 5.94. The van der Waals surface area contributed by atoms with E-state index in [-0.39, 0.29) is 17.6 Å². The van der Waals surface area contributed by atoms with E-state index in [1.807, 2.05) is 6.92 Å². The molecule has 1 aliphatic carbocycles. The SMILES string of the molecule is C/C=C/[C@H]1OC[C@]2(COC(=O)NCCCC)[C@H](C)[C@@H]1C(C)=C[C@@H]2C. The van der Waals surface area contributed by atoms with Gasteiger partial charge in [0, 0.05) is 17.9 Å². The summed E-state index contributed by atoms with van der Waals surface area (Å²) in [6.45, 7) is 12.6. The number of carbonyl (C=O) groups excluding carboxylic acids is 1. The number of hydrogen-bond donors (Lipinski definition) is 1. The predicted octanol–water partition coefficient (Wildman–Crippen LogP) is 4.32. The molecule has 4 nitrogen and oxygen atoms in total. The number of nitrogens with one attached hydrogen (secondary N) is 1. The summed E-state index contributed by atoms with van der Waals surface area (Å²) in [7, 11) is 0. The maximum atomic E-state index is 12.0. The summed E-state index contributed by atoms with van der Waals surface area (Å²) in [5.74, 6) is 1.10. The second-order valence-electron chi connectivity index (χ2n) is 7.40. The van der Waals surface area contributed by atoms with Crippen LogP contribution in [-0.4, -0.2) is 32.0 Å². The van der Waals surface area contributed by atoms with E-state index in [0.29, 0.717) is 37.5 Å². The van der Waals surface area contributed by atoms with Gasteiger partial charge in [-0.1, -0.05) is 51.0 Å². The maximum Gasteiger partial charge on any atom is 0.407 e. The molecule has 0 radical (unpaired) electrons. The molecule has 0 saturated carbocycles. The van der Waals surface area contributed by atoms with Crippen LogP contribution in [0.2, 0.25) is 0 Å². The first-order chi connectivity index (χ1) is 11.5. The third kappa shape index (κ3) is 3.69. The van der Waals surface area contributed by atoms with Gasteiger partial charge in [0.2, 0.25) is 0 Å². The highest BCUT2D eigenvalue weighted by molar-refractivity contribution is 5.67. The lowest BCUT2D eigenvalue weighted by atomic mass is 9.56. The van der Waals surface area contributed by atoms with Crippen molar-refractivity contribution in [3.63, 3.8) is 0 Å². The van der Waals surface area contributed by atoms with Crippen LogP contribution in [0.4, 0.5) is 4.79 Å². The van der Waals surface area contributed by atoms with Crippen LogP contribution in [0, 0.1) is 23.2 Å². The van der Waals surface area contributed by atoms with Crippen molar-refractivity contribution in [1.29, 1.82) is 0 Å². The fourth-order valence-electron chi connectivity index (χ4n) is 4.29. The molecule has 1 N–H and O–H groups in total. The summed E-state index contributed by atoms with van der Waals surface area (Å²) in [6, 6.07) is 0. The van der Waals surface area contributed by atoms with Crippen molar-refractivity contribution >= 4 is 6.09 Å². The molecule has 1 heterocycles. The van der Waals surface area contributed by atoms with Gasteiger partial charge in [0.25, 0.3) is 0 Å². The minimum Gasteiger partial charge on any atom is -0.449 e. The largest absolute Gasteiger partial charge is 0.449 e. The predicted molar refractivity (Wildman–Crippen MR) is 96.8 cm³/mol. The smallest absolute Gasteiger partial charge is 0.407 e. The van der Waals surface area contributed by atoms with Crippen molar-refractivity contribution in [2.75, 3.05) is 19.8 Å². The third-order valence-corrected chi connectivity index (χ3v) is 5.94. The number of rotatable bonds is 6. The van der Waals surface area contributed by atoms with E-state index in [0.717, 1.165) is 12.8 Å². The molecule has 2 rings (SSSR count). The van der Waals surface area contributed by atoms with Crippen molar-refractivity contribution in [1.82, 2.24) is 5.32 Å². The first-order valence-corrected chi connectivity index (χ1v) is 9.29. The van der Waals surface area contributed by atoms with E-state index in [1.165, 1.54) is 5.57 Å². The number of ether oxygens (including phenoxy) is 2. The van der Waals surface area contributed by atoms with Gasteiger partial charge in [0.1, 0.15) is 6.61 Å². The molecule has 1 saturated heterocycles. The Balaban J connectivity index is 2.09. The summed E-state index contributed by atoms with van der Waals surface area (Å²) in [5, 5.41) is 2.83. The molecule has 2 bridgehead atoms. The van der Waals surface area contributed by atoms with Gasteiger partial charge < -0.3 is 14.8 Å². The van der Waals surface area contributed by atoms with Gasteiger partial charge in [0.05, 0.1) is 12.7 Å². The van der Waals surface area contributed by atoms with Gasteiger partial charge in [-0.15, -0.1) is 0 Å². The van der Waals surface area contributed by atoms with Crippen LogP contribution in [0.15, 0.2) is 23.8 Å². The number of carbonyl (C=O) groups is 1. The van der Waals surface area contributed by atoms with Gasteiger partial charge in [-0.3, -0.25) is 0 Å². The number of alkyl carbamates (subject to hydrolysis) is 1. The second kappa shape index (κ2) is 8.19. The molecule has 1 fully saturated rings. The van der Waals surface area contributed by atoms with Crippen LogP contribution in [0.5, 0.6) is 0 Å². The van der Waals surface area contributed by atoms with Gasteiger partial charge >= 0.3 is 6.09 Å². The van der Waals surface area contributed by atoms with Crippen LogP contribution < -0.4 is 5.32 Å². The molecule has 0 aromatic heterocycles. The van der Waals surface area contributed by atoms with Gasteiger partial charge in [-0.25, -0.2) is 4.79 Å². The fourth-order valence-corrected chi connectivity index (χ4v) is 4.29. The summed E-state index contributed by atoms with van der Waals surface area (Å²) in [6.07, 6.45) is 8.41. The Morgan fingerprint density at radius 1 is 1.50 bits per heavy atom. The van der Waals surface area contributed by atoms with E-state index in [1.54, 1.807) is 0 Å². The summed E-state index contributed by atoms with van der Waals surface area (Å²) < 4.78 is 11.8. The van der Waals surface area contributed by atoms with E-state index in [9.17, 15) is 4.79 Å². The monoisotopic (exact) mass is 335 g/mol. The lowest BCUT2D eigenvalue weighted by Crippen LogP contribution is -2.56. The van der Waals surface area contributed by atoms with Crippen LogP contribution in [0.1, 0.15) is 47.5 Å². The van der Waals surface area contributed by atoms with Crippen LogP contribution in [0.25, 0.3) is 0 Å². The van der Waals surface area contributed by atoms with Crippen molar-refractivity contribution in [3.05, 3.63) is 23.8 Å². The van der Waals surface area contributed by atoms with Gasteiger partial charge in [0.15, 0.2) is 0 Å². The van der Waals surface area contributed by atoms with Crippen LogP contribution in [-0.2, 0) is 9.47 Å².